The Morgan fingerprint density at radius 3 is 2.59 bits per heavy atom. The summed E-state index contributed by atoms with van der Waals surface area (Å²) in [6.45, 7) is 6.08. The van der Waals surface area contributed by atoms with E-state index in [-0.39, 0.29) is 5.91 Å². The molecule has 5 rings (SSSR count). The van der Waals surface area contributed by atoms with Crippen LogP contribution in [0.25, 0.3) is 10.2 Å². The Kier molecular flexibility index (Phi) is 6.60. The van der Waals surface area contributed by atoms with Crippen LogP contribution in [0.3, 0.4) is 0 Å². The highest BCUT2D eigenvalue weighted by molar-refractivity contribution is 7.21. The number of fused-ring (bicyclic) bond motifs is 1. The van der Waals surface area contributed by atoms with Crippen molar-refractivity contribution in [2.24, 2.45) is 5.92 Å². The van der Waals surface area contributed by atoms with Gasteiger partial charge in [0.2, 0.25) is 5.95 Å². The fraction of sp³-hybridized carbons (Fsp3) is 0.542. The number of nitrogens with one attached hydrogen (secondary N) is 2. The monoisotopic (exact) mass is 480 g/mol. The molecule has 10 heteroatoms. The molecule has 3 aromatic heterocycles. The zero-order chi connectivity index (χ0) is 23.7. The van der Waals surface area contributed by atoms with Gasteiger partial charge in [-0.15, -0.1) is 21.5 Å². The van der Waals surface area contributed by atoms with Crippen LogP contribution < -0.4 is 15.5 Å². The SMILES string of the molecule is CC1CCC(c2c(C(=O)N(C)C)sc3cnc(Nc4ccc(N5CCNCC5)nn4)nc23)CC1. The molecule has 0 unspecified atom stereocenters. The van der Waals surface area contributed by atoms with Gasteiger partial charge < -0.3 is 20.4 Å². The minimum Gasteiger partial charge on any atom is -0.353 e. The van der Waals surface area contributed by atoms with Crippen molar-refractivity contribution < 1.29 is 4.79 Å². The number of piperazine rings is 1. The number of hydrogen-bond acceptors (Lipinski definition) is 9. The average Bonchev–Trinajstić information content (AvgIpc) is 3.23. The van der Waals surface area contributed by atoms with E-state index in [1.54, 1.807) is 19.0 Å². The van der Waals surface area contributed by atoms with Gasteiger partial charge in [-0.2, -0.15) is 0 Å². The maximum absolute atomic E-state index is 13.0. The van der Waals surface area contributed by atoms with Gasteiger partial charge in [0.15, 0.2) is 11.6 Å². The molecule has 3 aromatic rings. The van der Waals surface area contributed by atoms with E-state index >= 15 is 0 Å². The van der Waals surface area contributed by atoms with Crippen molar-refractivity contribution >= 4 is 45.0 Å². The Bertz CT molecular complexity index is 1150. The summed E-state index contributed by atoms with van der Waals surface area (Å²) in [6.07, 6.45) is 6.36. The number of carbonyl (C=O) groups excluding carboxylic acids is 1. The first-order chi connectivity index (χ1) is 16.5. The standard InChI is InChI=1S/C24H32N8OS/c1-15-4-6-16(7-5-15)20-21-17(34-22(20)23(33)31(2)3)14-26-24(28-21)27-18-8-9-19(30-29-18)32-12-10-25-11-13-32/h8-9,14-16,25H,4-7,10-13H2,1-3H3,(H,26,27,28,29). The third-order valence-electron chi connectivity index (χ3n) is 6.82. The zero-order valence-corrected chi connectivity index (χ0v) is 20.9. The molecular weight excluding hydrogens is 448 g/mol. The average molecular weight is 481 g/mol. The van der Waals surface area contributed by atoms with Crippen LogP contribution >= 0.6 is 11.3 Å². The molecule has 1 aliphatic carbocycles. The van der Waals surface area contributed by atoms with Crippen molar-refractivity contribution in [1.82, 2.24) is 30.4 Å². The van der Waals surface area contributed by atoms with Gasteiger partial charge in [-0.3, -0.25) is 4.79 Å². The summed E-state index contributed by atoms with van der Waals surface area (Å²) in [5.41, 5.74) is 1.98. The van der Waals surface area contributed by atoms with Crippen LogP contribution in [0.15, 0.2) is 18.3 Å². The summed E-state index contributed by atoms with van der Waals surface area (Å²) < 4.78 is 0.949. The Labute approximate surface area is 204 Å². The largest absolute Gasteiger partial charge is 0.353 e. The van der Waals surface area contributed by atoms with Crippen LogP contribution in [0, 0.1) is 5.92 Å². The lowest BCUT2D eigenvalue weighted by atomic mass is 9.79. The molecule has 2 aliphatic rings. The maximum atomic E-state index is 13.0. The number of aromatic nitrogens is 4. The van der Waals surface area contributed by atoms with Crippen LogP contribution in [-0.4, -0.2) is 71.2 Å². The van der Waals surface area contributed by atoms with Gasteiger partial charge in [0, 0.05) is 45.8 Å². The molecule has 2 fully saturated rings. The number of rotatable bonds is 5. The van der Waals surface area contributed by atoms with E-state index in [1.807, 2.05) is 18.3 Å². The summed E-state index contributed by atoms with van der Waals surface area (Å²) >= 11 is 1.50. The number of thiophene rings is 1. The Balaban J connectivity index is 1.43. The third kappa shape index (κ3) is 4.69. The predicted octanol–water partition coefficient (Wildman–Crippen LogP) is 3.63. The maximum Gasteiger partial charge on any atom is 0.263 e. The fourth-order valence-corrected chi connectivity index (χ4v) is 6.05. The van der Waals surface area contributed by atoms with E-state index in [2.05, 4.69) is 37.6 Å². The molecule has 9 nitrogen and oxygen atoms in total. The smallest absolute Gasteiger partial charge is 0.263 e. The number of carbonyl (C=O) groups is 1. The van der Waals surface area contributed by atoms with E-state index in [9.17, 15) is 4.79 Å². The van der Waals surface area contributed by atoms with E-state index < -0.39 is 0 Å². The number of amides is 1. The molecule has 1 amide bonds. The number of nitrogens with zero attached hydrogens (tertiary/aromatic N) is 6. The fourth-order valence-electron chi connectivity index (χ4n) is 4.83. The lowest BCUT2D eigenvalue weighted by Crippen LogP contribution is -2.43. The quantitative estimate of drug-likeness (QED) is 0.571. The van der Waals surface area contributed by atoms with Crippen LogP contribution in [-0.2, 0) is 0 Å². The Morgan fingerprint density at radius 1 is 1.15 bits per heavy atom. The normalized spacial score (nSPS) is 21.0. The first kappa shape index (κ1) is 22.9. The van der Waals surface area contributed by atoms with Gasteiger partial charge in [-0.25, -0.2) is 9.97 Å². The molecule has 0 bridgehead atoms. The van der Waals surface area contributed by atoms with E-state index in [1.165, 1.54) is 24.2 Å². The van der Waals surface area contributed by atoms with Gasteiger partial charge in [0.05, 0.1) is 21.3 Å². The highest BCUT2D eigenvalue weighted by Crippen LogP contribution is 2.43. The first-order valence-electron chi connectivity index (χ1n) is 12.1. The molecule has 1 saturated heterocycles. The molecule has 0 atom stereocenters. The number of anilines is 3. The van der Waals surface area contributed by atoms with Crippen LogP contribution in [0.1, 0.15) is 53.8 Å². The molecule has 2 N–H and O–H groups in total. The van der Waals surface area contributed by atoms with Gasteiger partial charge in [0.1, 0.15) is 0 Å². The molecule has 4 heterocycles. The zero-order valence-electron chi connectivity index (χ0n) is 20.0. The van der Waals surface area contributed by atoms with Gasteiger partial charge in [0.25, 0.3) is 5.91 Å². The van der Waals surface area contributed by atoms with Crippen molar-refractivity contribution in [3.8, 4) is 0 Å². The van der Waals surface area contributed by atoms with Crippen molar-refractivity contribution in [2.75, 3.05) is 50.5 Å². The lowest BCUT2D eigenvalue weighted by Gasteiger charge is -2.27. The van der Waals surface area contributed by atoms with Crippen molar-refractivity contribution in [3.63, 3.8) is 0 Å². The lowest BCUT2D eigenvalue weighted by molar-refractivity contribution is 0.0830. The Morgan fingerprint density at radius 2 is 1.91 bits per heavy atom. The second-order valence-corrected chi connectivity index (χ2v) is 10.6. The molecule has 0 radical (unpaired) electrons. The minimum atomic E-state index is 0.0421. The Hall–Kier alpha value is -2.85. The molecule has 1 saturated carbocycles. The summed E-state index contributed by atoms with van der Waals surface area (Å²) in [4.78, 5) is 27.1. The first-order valence-corrected chi connectivity index (χ1v) is 12.9. The molecule has 0 aromatic carbocycles. The summed E-state index contributed by atoms with van der Waals surface area (Å²) in [6, 6.07) is 3.89. The molecule has 0 spiro atoms. The molecule has 34 heavy (non-hydrogen) atoms. The van der Waals surface area contributed by atoms with Crippen LogP contribution in [0.2, 0.25) is 0 Å². The van der Waals surface area contributed by atoms with E-state index in [0.29, 0.717) is 17.7 Å². The van der Waals surface area contributed by atoms with Gasteiger partial charge in [-0.05, 0) is 36.8 Å². The topological polar surface area (TPSA) is 99.2 Å². The second kappa shape index (κ2) is 9.79. The molecular formula is C24H32N8OS. The summed E-state index contributed by atoms with van der Waals surface area (Å²) in [5.74, 6) is 3.09. The predicted molar refractivity (Wildman–Crippen MR) is 136 cm³/mol. The molecule has 1 aliphatic heterocycles. The highest BCUT2D eigenvalue weighted by Gasteiger charge is 2.29. The van der Waals surface area contributed by atoms with Crippen molar-refractivity contribution in [1.29, 1.82) is 0 Å². The van der Waals surface area contributed by atoms with Crippen molar-refractivity contribution in [2.45, 2.75) is 38.5 Å². The van der Waals surface area contributed by atoms with Crippen molar-refractivity contribution in [3.05, 3.63) is 28.8 Å². The van der Waals surface area contributed by atoms with Gasteiger partial charge in [-0.1, -0.05) is 19.8 Å². The van der Waals surface area contributed by atoms with Gasteiger partial charge >= 0.3 is 0 Å². The minimum absolute atomic E-state index is 0.0421. The van der Waals surface area contributed by atoms with Crippen LogP contribution in [0.4, 0.5) is 17.6 Å². The summed E-state index contributed by atoms with van der Waals surface area (Å²) in [5, 5.41) is 15.3. The van der Waals surface area contributed by atoms with Crippen LogP contribution in [0.5, 0.6) is 0 Å². The number of hydrogen-bond donors (Lipinski definition) is 2. The third-order valence-corrected chi connectivity index (χ3v) is 7.94. The summed E-state index contributed by atoms with van der Waals surface area (Å²) in [7, 11) is 3.61. The van der Waals surface area contributed by atoms with E-state index in [4.69, 9.17) is 4.98 Å². The van der Waals surface area contributed by atoms with E-state index in [0.717, 1.165) is 71.4 Å². The molecule has 180 valence electrons. The second-order valence-electron chi connectivity index (χ2n) is 9.55. The highest BCUT2D eigenvalue weighted by atomic mass is 32.1.